The zero-order valence-corrected chi connectivity index (χ0v) is 16.9. The number of nitrogens with zero attached hydrogens (tertiary/aromatic N) is 1. The Morgan fingerprint density at radius 3 is 2.66 bits per heavy atom. The van der Waals surface area contributed by atoms with Crippen LogP contribution in [0.3, 0.4) is 0 Å². The summed E-state index contributed by atoms with van der Waals surface area (Å²) in [6, 6.07) is 0.106. The van der Waals surface area contributed by atoms with Crippen molar-refractivity contribution in [2.45, 2.75) is 50.4 Å². The number of hydrogen-bond acceptors (Lipinski definition) is 8. The maximum absolute atomic E-state index is 13.5. The van der Waals surface area contributed by atoms with E-state index in [-0.39, 0.29) is 36.0 Å². The lowest BCUT2D eigenvalue weighted by Gasteiger charge is -2.39. The van der Waals surface area contributed by atoms with Gasteiger partial charge in [-0.15, -0.1) is 0 Å². The number of primary amides is 1. The quantitative estimate of drug-likeness (QED) is 0.341. The molecule has 2 fully saturated rings. The van der Waals surface area contributed by atoms with Gasteiger partial charge in [0.05, 0.1) is 24.8 Å². The number of ether oxygens (including phenoxy) is 3. The van der Waals surface area contributed by atoms with E-state index < -0.39 is 17.7 Å². The van der Waals surface area contributed by atoms with Crippen molar-refractivity contribution >= 4 is 17.7 Å². The summed E-state index contributed by atoms with van der Waals surface area (Å²) in [5.74, 6) is -1.09. The Kier molecular flexibility index (Phi) is 4.90. The third-order valence-electron chi connectivity index (χ3n) is 6.47. The highest BCUT2D eigenvalue weighted by molar-refractivity contribution is 6.25. The van der Waals surface area contributed by atoms with Crippen molar-refractivity contribution in [1.82, 2.24) is 10.2 Å². The molecule has 0 radical (unpaired) electrons. The third kappa shape index (κ3) is 2.71. The van der Waals surface area contributed by atoms with Gasteiger partial charge >= 0.3 is 6.09 Å². The number of nitrogens with two attached hydrogens (primary N) is 1. The molecule has 0 unspecified atom stereocenters. The van der Waals surface area contributed by atoms with Crippen LogP contribution in [0.5, 0.6) is 0 Å². The molecule has 3 heterocycles. The van der Waals surface area contributed by atoms with Crippen molar-refractivity contribution < 1.29 is 28.6 Å². The molecule has 0 aromatic rings. The second-order valence-corrected chi connectivity index (χ2v) is 7.89. The second kappa shape index (κ2) is 7.14. The molecule has 4 rings (SSSR count). The number of nitrogens with one attached hydrogen (secondary N) is 1. The summed E-state index contributed by atoms with van der Waals surface area (Å²) >= 11 is 0. The van der Waals surface area contributed by atoms with Gasteiger partial charge in [-0.2, -0.15) is 0 Å². The summed E-state index contributed by atoms with van der Waals surface area (Å²) in [7, 11) is 2.95. The van der Waals surface area contributed by atoms with Gasteiger partial charge in [0.25, 0.3) is 0 Å². The molecule has 1 aliphatic carbocycles. The Morgan fingerprint density at radius 2 is 2.03 bits per heavy atom. The molecule has 9 nitrogen and oxygen atoms in total. The number of allylic oxidation sites excluding steroid dienone is 2. The number of methoxy groups -OCH3 is 2. The molecule has 2 saturated heterocycles. The lowest BCUT2D eigenvalue weighted by Crippen LogP contribution is -2.55. The van der Waals surface area contributed by atoms with E-state index in [2.05, 4.69) is 12.2 Å². The Morgan fingerprint density at radius 1 is 1.28 bits per heavy atom. The van der Waals surface area contributed by atoms with Crippen molar-refractivity contribution in [3.8, 4) is 0 Å². The first-order valence-corrected chi connectivity index (χ1v) is 10.0. The van der Waals surface area contributed by atoms with Crippen LogP contribution >= 0.6 is 0 Å². The zero-order chi connectivity index (χ0) is 20.9. The predicted octanol–water partition coefficient (Wildman–Crippen LogP) is 0.597. The van der Waals surface area contributed by atoms with Crippen molar-refractivity contribution in [3.05, 3.63) is 22.6 Å². The van der Waals surface area contributed by atoms with Gasteiger partial charge in [-0.1, -0.05) is 19.8 Å². The van der Waals surface area contributed by atoms with Crippen LogP contribution < -0.4 is 11.1 Å². The van der Waals surface area contributed by atoms with E-state index in [0.29, 0.717) is 29.8 Å². The van der Waals surface area contributed by atoms with Crippen LogP contribution in [0.1, 0.15) is 32.6 Å². The lowest BCUT2D eigenvalue weighted by molar-refractivity contribution is -0.137. The SMILES string of the molecule is CCCCCC1=C(OC)C(=O)C2=C(C1=O)N1C[C@@H]3N[C@@H]3[C@]1(OC)[C@@H]2COC(N)=O. The normalized spacial score (nSPS) is 32.4. The van der Waals surface area contributed by atoms with Crippen molar-refractivity contribution in [2.75, 3.05) is 27.4 Å². The maximum atomic E-state index is 13.5. The summed E-state index contributed by atoms with van der Waals surface area (Å²) in [6.07, 6.45) is 2.32. The number of hydrogen-bond donors (Lipinski definition) is 2. The van der Waals surface area contributed by atoms with E-state index in [1.807, 2.05) is 4.90 Å². The fraction of sp³-hybridized carbons (Fsp3) is 0.650. The van der Waals surface area contributed by atoms with Crippen LogP contribution in [0, 0.1) is 5.92 Å². The van der Waals surface area contributed by atoms with E-state index in [4.69, 9.17) is 19.9 Å². The molecule has 29 heavy (non-hydrogen) atoms. The van der Waals surface area contributed by atoms with Gasteiger partial charge in [-0.25, -0.2) is 4.79 Å². The first-order valence-electron chi connectivity index (χ1n) is 10.0. The molecule has 9 heteroatoms. The Bertz CT molecular complexity index is 834. The Hall–Kier alpha value is -2.39. The van der Waals surface area contributed by atoms with E-state index in [1.165, 1.54) is 7.11 Å². The molecule has 0 aromatic heterocycles. The van der Waals surface area contributed by atoms with Gasteiger partial charge < -0.3 is 30.2 Å². The Labute approximate surface area is 169 Å². The number of carbonyl (C=O) groups is 3. The molecular formula is C20H27N3O6. The molecule has 0 saturated carbocycles. The summed E-state index contributed by atoms with van der Waals surface area (Å²) < 4.78 is 16.4. The van der Waals surface area contributed by atoms with Crippen LogP contribution in [-0.4, -0.2) is 67.7 Å². The van der Waals surface area contributed by atoms with E-state index in [1.54, 1.807) is 7.11 Å². The molecule has 0 aromatic carbocycles. The van der Waals surface area contributed by atoms with Crippen LogP contribution in [0.25, 0.3) is 0 Å². The zero-order valence-electron chi connectivity index (χ0n) is 16.9. The summed E-state index contributed by atoms with van der Waals surface area (Å²) in [5.41, 5.74) is 5.28. The van der Waals surface area contributed by atoms with Crippen molar-refractivity contribution in [1.29, 1.82) is 0 Å². The van der Waals surface area contributed by atoms with Gasteiger partial charge in [0.1, 0.15) is 6.61 Å². The predicted molar refractivity (Wildman–Crippen MR) is 101 cm³/mol. The minimum Gasteiger partial charge on any atom is -0.492 e. The topological polar surface area (TPSA) is 130 Å². The van der Waals surface area contributed by atoms with Gasteiger partial charge in [-0.3, -0.25) is 9.59 Å². The lowest BCUT2D eigenvalue weighted by atomic mass is 9.82. The second-order valence-electron chi connectivity index (χ2n) is 7.89. The number of fused-ring (bicyclic) bond motifs is 4. The van der Waals surface area contributed by atoms with Crippen LogP contribution in [0.2, 0.25) is 0 Å². The minimum absolute atomic E-state index is 0.0605. The molecule has 0 spiro atoms. The van der Waals surface area contributed by atoms with Crippen molar-refractivity contribution in [2.24, 2.45) is 11.7 Å². The standard InChI is InChI=1S/C20H27N3O6/c1-4-5-6-7-10-15(24)14-13(16(25)17(10)27-2)11(9-29-19(21)26)20(28-3)18-12(22-18)8-23(14)20/h11-12,18,22H,4-9H2,1-3H3,(H2,21,26)/t11-,12+,18+,20-/m1/s1. The third-order valence-corrected chi connectivity index (χ3v) is 6.47. The molecule has 1 amide bonds. The molecule has 158 valence electrons. The fourth-order valence-electron chi connectivity index (χ4n) is 5.19. The number of unbranched alkanes of at least 4 members (excludes halogenated alkanes) is 2. The van der Waals surface area contributed by atoms with Crippen LogP contribution in [0.15, 0.2) is 22.6 Å². The number of amides is 1. The number of carbonyl (C=O) groups excluding carboxylic acids is 3. The Balaban J connectivity index is 1.76. The number of piperazine rings is 1. The summed E-state index contributed by atoms with van der Waals surface area (Å²) in [5, 5.41) is 3.33. The summed E-state index contributed by atoms with van der Waals surface area (Å²) in [6.45, 7) is 2.48. The first-order chi connectivity index (χ1) is 13.9. The van der Waals surface area contributed by atoms with Gasteiger partial charge in [0, 0.05) is 30.8 Å². The van der Waals surface area contributed by atoms with Gasteiger partial charge in [-0.05, 0) is 12.8 Å². The molecule has 3 N–H and O–H groups in total. The van der Waals surface area contributed by atoms with Crippen LogP contribution in [0.4, 0.5) is 4.79 Å². The fourth-order valence-corrected chi connectivity index (χ4v) is 5.19. The average molecular weight is 405 g/mol. The van der Waals surface area contributed by atoms with Gasteiger partial charge in [0.2, 0.25) is 11.6 Å². The highest BCUT2D eigenvalue weighted by Gasteiger charge is 2.72. The smallest absolute Gasteiger partial charge is 0.404 e. The largest absolute Gasteiger partial charge is 0.492 e. The first kappa shape index (κ1) is 19.9. The minimum atomic E-state index is -0.964. The van der Waals surface area contributed by atoms with E-state index in [0.717, 1.165) is 19.3 Å². The van der Waals surface area contributed by atoms with Gasteiger partial charge in [0.15, 0.2) is 11.5 Å². The number of Topliss-reactive ketones (excluding diaryl/α,β-unsaturated/α-hetero) is 2. The highest BCUT2D eigenvalue weighted by atomic mass is 16.6. The van der Waals surface area contributed by atoms with E-state index >= 15 is 0 Å². The number of ketones is 2. The summed E-state index contributed by atoms with van der Waals surface area (Å²) in [4.78, 5) is 40.1. The maximum Gasteiger partial charge on any atom is 0.404 e. The molecule has 4 aliphatic rings. The molecular weight excluding hydrogens is 378 g/mol. The van der Waals surface area contributed by atoms with Crippen LogP contribution in [-0.2, 0) is 23.8 Å². The molecule has 3 aliphatic heterocycles. The molecule has 0 bridgehead atoms. The van der Waals surface area contributed by atoms with E-state index in [9.17, 15) is 14.4 Å². The number of rotatable bonds is 8. The monoisotopic (exact) mass is 405 g/mol. The average Bonchev–Trinajstić information content (AvgIpc) is 3.30. The highest BCUT2D eigenvalue weighted by Crippen LogP contribution is 2.56. The van der Waals surface area contributed by atoms with Crippen molar-refractivity contribution in [3.63, 3.8) is 0 Å². The molecule has 4 atom stereocenters.